The van der Waals surface area contributed by atoms with E-state index in [-0.39, 0.29) is 36.3 Å². The fraction of sp³-hybridized carbons (Fsp3) is 0.556. The standard InChI is InChI=1S/C18H27N3O2S.ClH/c1-12(2)20-17(22)11-24-16-7-5-4-6-14(16)18(23)21-15-10-19-9-8-13(15)3;/h4-7,12-13,15,19H,8-11H2,1-3H3,(H,20,22)(H,21,23);1H. The van der Waals surface area contributed by atoms with Crippen LogP contribution < -0.4 is 16.0 Å². The molecule has 1 aromatic rings. The lowest BCUT2D eigenvalue weighted by Gasteiger charge is -2.30. The molecule has 1 aromatic carbocycles. The van der Waals surface area contributed by atoms with Gasteiger partial charge in [0.2, 0.25) is 5.91 Å². The third-order valence-electron chi connectivity index (χ3n) is 4.08. The van der Waals surface area contributed by atoms with E-state index in [1.807, 2.05) is 38.1 Å². The van der Waals surface area contributed by atoms with Crippen molar-refractivity contribution in [2.75, 3.05) is 18.8 Å². The maximum absolute atomic E-state index is 12.6. The van der Waals surface area contributed by atoms with Crippen LogP contribution in [0.25, 0.3) is 0 Å². The van der Waals surface area contributed by atoms with Crippen LogP contribution in [0, 0.1) is 5.92 Å². The summed E-state index contributed by atoms with van der Waals surface area (Å²) in [5, 5.41) is 9.32. The summed E-state index contributed by atoms with van der Waals surface area (Å²) < 4.78 is 0. The molecule has 1 aliphatic rings. The van der Waals surface area contributed by atoms with Crippen LogP contribution in [0.1, 0.15) is 37.6 Å². The molecule has 0 radical (unpaired) electrons. The average molecular weight is 386 g/mol. The van der Waals surface area contributed by atoms with Gasteiger partial charge in [-0.15, -0.1) is 24.2 Å². The lowest BCUT2D eigenvalue weighted by atomic mass is 9.94. The Balaban J connectivity index is 0.00000312. The van der Waals surface area contributed by atoms with Gasteiger partial charge in [-0.25, -0.2) is 0 Å². The molecule has 1 aliphatic heterocycles. The van der Waals surface area contributed by atoms with E-state index in [2.05, 4.69) is 22.9 Å². The van der Waals surface area contributed by atoms with Crippen molar-refractivity contribution in [2.24, 2.45) is 5.92 Å². The minimum Gasteiger partial charge on any atom is -0.353 e. The normalized spacial score (nSPS) is 19.8. The summed E-state index contributed by atoms with van der Waals surface area (Å²) in [6.07, 6.45) is 1.07. The van der Waals surface area contributed by atoms with Crippen molar-refractivity contribution in [2.45, 2.75) is 44.2 Å². The van der Waals surface area contributed by atoms with Gasteiger partial charge in [0.15, 0.2) is 0 Å². The smallest absolute Gasteiger partial charge is 0.252 e. The average Bonchev–Trinajstić information content (AvgIpc) is 2.54. The Hall–Kier alpha value is -1.24. The van der Waals surface area contributed by atoms with Crippen LogP contribution >= 0.6 is 24.2 Å². The lowest BCUT2D eigenvalue weighted by Crippen LogP contribution is -2.50. The fourth-order valence-electron chi connectivity index (χ4n) is 2.72. The van der Waals surface area contributed by atoms with Gasteiger partial charge in [0.25, 0.3) is 5.91 Å². The van der Waals surface area contributed by atoms with Gasteiger partial charge in [-0.05, 0) is 44.9 Å². The Bertz CT molecular complexity index is 583. The van der Waals surface area contributed by atoms with E-state index in [9.17, 15) is 9.59 Å². The molecule has 1 saturated heterocycles. The van der Waals surface area contributed by atoms with Crippen molar-refractivity contribution in [3.8, 4) is 0 Å². The second kappa shape index (κ2) is 10.7. The lowest BCUT2D eigenvalue weighted by molar-refractivity contribution is -0.119. The predicted molar refractivity (Wildman–Crippen MR) is 106 cm³/mol. The maximum Gasteiger partial charge on any atom is 0.252 e. The number of hydrogen-bond donors (Lipinski definition) is 3. The molecule has 2 amide bonds. The molecule has 0 aliphatic carbocycles. The number of hydrogen-bond acceptors (Lipinski definition) is 4. The summed E-state index contributed by atoms with van der Waals surface area (Å²) in [7, 11) is 0. The molecule has 0 spiro atoms. The van der Waals surface area contributed by atoms with Gasteiger partial charge >= 0.3 is 0 Å². The molecule has 5 nitrogen and oxygen atoms in total. The number of carbonyl (C=O) groups is 2. The zero-order chi connectivity index (χ0) is 17.5. The molecule has 3 N–H and O–H groups in total. The van der Waals surface area contributed by atoms with E-state index in [1.165, 1.54) is 11.8 Å². The van der Waals surface area contributed by atoms with Gasteiger partial charge in [0, 0.05) is 23.5 Å². The second-order valence-corrected chi connectivity index (χ2v) is 7.57. The molecule has 0 saturated carbocycles. The van der Waals surface area contributed by atoms with Gasteiger partial charge in [-0.2, -0.15) is 0 Å². The first-order valence-electron chi connectivity index (χ1n) is 8.50. The Morgan fingerprint density at radius 2 is 2.04 bits per heavy atom. The molecule has 0 bridgehead atoms. The summed E-state index contributed by atoms with van der Waals surface area (Å²) in [5.74, 6) is 0.689. The van der Waals surface area contributed by atoms with Gasteiger partial charge in [0.05, 0.1) is 11.3 Å². The highest BCUT2D eigenvalue weighted by molar-refractivity contribution is 8.00. The molecule has 2 atom stereocenters. The van der Waals surface area contributed by atoms with Crippen molar-refractivity contribution < 1.29 is 9.59 Å². The number of carbonyl (C=O) groups excluding carboxylic acids is 2. The number of thioether (sulfide) groups is 1. The second-order valence-electron chi connectivity index (χ2n) is 6.56. The number of halogens is 1. The molecule has 7 heteroatoms. The van der Waals surface area contributed by atoms with Gasteiger partial charge in [-0.1, -0.05) is 19.1 Å². The first-order valence-corrected chi connectivity index (χ1v) is 9.48. The first kappa shape index (κ1) is 21.8. The van der Waals surface area contributed by atoms with Gasteiger partial charge < -0.3 is 16.0 Å². The fourth-order valence-corrected chi connectivity index (χ4v) is 3.58. The zero-order valence-electron chi connectivity index (χ0n) is 15.0. The number of rotatable bonds is 6. The highest BCUT2D eigenvalue weighted by Crippen LogP contribution is 2.23. The van der Waals surface area contributed by atoms with E-state index in [0.717, 1.165) is 24.4 Å². The van der Waals surface area contributed by atoms with Crippen molar-refractivity contribution in [1.82, 2.24) is 16.0 Å². The molecule has 1 heterocycles. The van der Waals surface area contributed by atoms with Crippen LogP contribution in [0.15, 0.2) is 29.2 Å². The van der Waals surface area contributed by atoms with Gasteiger partial charge in [0.1, 0.15) is 0 Å². The summed E-state index contributed by atoms with van der Waals surface area (Å²) in [6, 6.07) is 7.73. The summed E-state index contributed by atoms with van der Waals surface area (Å²) in [4.78, 5) is 25.3. The van der Waals surface area contributed by atoms with Crippen molar-refractivity contribution in [3.63, 3.8) is 0 Å². The highest BCUT2D eigenvalue weighted by Gasteiger charge is 2.24. The van der Waals surface area contributed by atoms with Crippen LogP contribution in [0.4, 0.5) is 0 Å². The molecule has 140 valence electrons. The maximum atomic E-state index is 12.6. The summed E-state index contributed by atoms with van der Waals surface area (Å²) in [6.45, 7) is 7.85. The number of amides is 2. The number of nitrogens with one attached hydrogen (secondary N) is 3. The van der Waals surface area contributed by atoms with Crippen LogP contribution in [0.5, 0.6) is 0 Å². The molecule has 0 aromatic heterocycles. The van der Waals surface area contributed by atoms with E-state index in [0.29, 0.717) is 17.2 Å². The molecular formula is C18H28ClN3O2S. The van der Waals surface area contributed by atoms with E-state index >= 15 is 0 Å². The molecule has 2 rings (SSSR count). The SMILES string of the molecule is CC(C)NC(=O)CSc1ccccc1C(=O)NC1CNCCC1C.Cl. The molecular weight excluding hydrogens is 358 g/mol. The van der Waals surface area contributed by atoms with Crippen molar-refractivity contribution in [3.05, 3.63) is 29.8 Å². The Morgan fingerprint density at radius 3 is 2.72 bits per heavy atom. The Labute approximate surface area is 160 Å². The van der Waals surface area contributed by atoms with Gasteiger partial charge in [-0.3, -0.25) is 9.59 Å². The number of piperidine rings is 1. The van der Waals surface area contributed by atoms with Crippen molar-refractivity contribution in [1.29, 1.82) is 0 Å². The predicted octanol–water partition coefficient (Wildman–Crippen LogP) is 2.45. The summed E-state index contributed by atoms with van der Waals surface area (Å²) in [5.41, 5.74) is 0.637. The Morgan fingerprint density at radius 1 is 1.32 bits per heavy atom. The quantitative estimate of drug-likeness (QED) is 0.658. The first-order chi connectivity index (χ1) is 11.5. The molecule has 2 unspecified atom stereocenters. The monoisotopic (exact) mass is 385 g/mol. The number of benzene rings is 1. The van der Waals surface area contributed by atoms with E-state index in [4.69, 9.17) is 0 Å². The van der Waals surface area contributed by atoms with E-state index < -0.39 is 0 Å². The van der Waals surface area contributed by atoms with Crippen LogP contribution in [-0.2, 0) is 4.79 Å². The Kier molecular flexibility index (Phi) is 9.32. The van der Waals surface area contributed by atoms with Crippen LogP contribution in [0.3, 0.4) is 0 Å². The topological polar surface area (TPSA) is 70.2 Å². The largest absolute Gasteiger partial charge is 0.353 e. The highest BCUT2D eigenvalue weighted by atomic mass is 35.5. The minimum atomic E-state index is -0.0667. The third kappa shape index (κ3) is 6.88. The minimum absolute atomic E-state index is 0. The third-order valence-corrected chi connectivity index (χ3v) is 5.16. The van der Waals surface area contributed by atoms with Crippen LogP contribution in [0.2, 0.25) is 0 Å². The summed E-state index contributed by atoms with van der Waals surface area (Å²) >= 11 is 1.40. The van der Waals surface area contributed by atoms with Crippen LogP contribution in [-0.4, -0.2) is 42.7 Å². The van der Waals surface area contributed by atoms with E-state index in [1.54, 1.807) is 0 Å². The molecule has 25 heavy (non-hydrogen) atoms. The molecule has 1 fully saturated rings. The van der Waals surface area contributed by atoms with Crippen molar-refractivity contribution >= 4 is 36.0 Å². The zero-order valence-corrected chi connectivity index (χ0v) is 16.6.